The number of phenols is 1. The van der Waals surface area contributed by atoms with Crippen LogP contribution in [0.4, 0.5) is 0 Å². The first-order valence-electron chi connectivity index (χ1n) is 13.0. The van der Waals surface area contributed by atoms with Gasteiger partial charge < -0.3 is 5.11 Å². The Hall–Kier alpha value is -2.54. The fourth-order valence-electron chi connectivity index (χ4n) is 4.27. The Morgan fingerprint density at radius 2 is 0.939 bits per heavy atom. The van der Waals surface area contributed by atoms with E-state index in [2.05, 4.69) is 67.6 Å². The van der Waals surface area contributed by atoms with E-state index in [-0.39, 0.29) is 0 Å². The van der Waals surface area contributed by atoms with E-state index in [1.165, 1.54) is 80.9 Å². The standard InChI is InChI=1S/C20H34O.C12H10/c1-4-5-6-7-8-9-10-11-12-13-14-19-15-17(2)20(21)18(3)16-19;1-3-7-11(8-4-1)12-9-5-2-6-10-12/h15-16,21H,4-14H2,1-3H3;1-10H. The SMILES string of the molecule is CCCCCCCCCCCCc1cc(C)c(O)c(C)c1.c1ccc(-c2ccccc2)cc1. The molecule has 0 aliphatic rings. The second kappa shape index (κ2) is 16.1. The molecule has 0 atom stereocenters. The fraction of sp³-hybridized carbons (Fsp3) is 0.438. The van der Waals surface area contributed by atoms with E-state index in [4.69, 9.17) is 0 Å². The summed E-state index contributed by atoms with van der Waals surface area (Å²) in [5.74, 6) is 0.460. The molecule has 0 heterocycles. The number of hydrogen-bond acceptors (Lipinski definition) is 1. The van der Waals surface area contributed by atoms with Gasteiger partial charge in [0.2, 0.25) is 0 Å². The highest BCUT2D eigenvalue weighted by Crippen LogP contribution is 2.24. The van der Waals surface area contributed by atoms with Crippen LogP contribution in [0.1, 0.15) is 87.8 Å². The topological polar surface area (TPSA) is 20.2 Å². The first-order chi connectivity index (χ1) is 16.1. The molecule has 1 N–H and O–H groups in total. The zero-order valence-corrected chi connectivity index (χ0v) is 21.2. The number of aryl methyl sites for hydroxylation is 3. The smallest absolute Gasteiger partial charge is 0.121 e. The minimum Gasteiger partial charge on any atom is -0.507 e. The quantitative estimate of drug-likeness (QED) is 0.276. The molecule has 3 rings (SSSR count). The Balaban J connectivity index is 0.000000268. The monoisotopic (exact) mass is 444 g/mol. The maximum absolute atomic E-state index is 9.78. The van der Waals surface area contributed by atoms with Gasteiger partial charge >= 0.3 is 0 Å². The lowest BCUT2D eigenvalue weighted by Gasteiger charge is -2.08. The lowest BCUT2D eigenvalue weighted by molar-refractivity contribution is 0.466. The summed E-state index contributed by atoms with van der Waals surface area (Å²) in [5, 5.41) is 9.78. The molecule has 0 saturated heterocycles. The van der Waals surface area contributed by atoms with E-state index in [0.29, 0.717) is 5.75 Å². The van der Waals surface area contributed by atoms with Gasteiger partial charge in [-0.3, -0.25) is 0 Å². The molecule has 3 aromatic rings. The molecule has 0 bridgehead atoms. The Morgan fingerprint density at radius 3 is 1.36 bits per heavy atom. The van der Waals surface area contributed by atoms with Crippen LogP contribution in [-0.2, 0) is 6.42 Å². The van der Waals surface area contributed by atoms with Crippen LogP contribution < -0.4 is 0 Å². The second-order valence-electron chi connectivity index (χ2n) is 9.24. The summed E-state index contributed by atoms with van der Waals surface area (Å²) in [6.45, 7) is 6.26. The number of hydrogen-bond donors (Lipinski definition) is 1. The van der Waals surface area contributed by atoms with E-state index in [9.17, 15) is 5.11 Å². The first-order valence-corrected chi connectivity index (χ1v) is 13.0. The van der Waals surface area contributed by atoms with Gasteiger partial charge in [-0.1, -0.05) is 138 Å². The molecular weight excluding hydrogens is 400 g/mol. The average molecular weight is 445 g/mol. The highest BCUT2D eigenvalue weighted by Gasteiger charge is 2.03. The Morgan fingerprint density at radius 1 is 0.545 bits per heavy atom. The van der Waals surface area contributed by atoms with Crippen molar-refractivity contribution in [3.8, 4) is 16.9 Å². The van der Waals surface area contributed by atoms with Crippen molar-refractivity contribution in [1.29, 1.82) is 0 Å². The number of rotatable bonds is 12. The van der Waals surface area contributed by atoms with Crippen LogP contribution >= 0.6 is 0 Å². The van der Waals surface area contributed by atoms with E-state index in [0.717, 1.165) is 17.5 Å². The molecule has 0 radical (unpaired) electrons. The van der Waals surface area contributed by atoms with Crippen LogP contribution in [-0.4, -0.2) is 5.11 Å². The third-order valence-corrected chi connectivity index (χ3v) is 6.25. The van der Waals surface area contributed by atoms with Crippen molar-refractivity contribution in [3.05, 3.63) is 89.5 Å². The molecular formula is C32H44O. The number of benzene rings is 3. The van der Waals surface area contributed by atoms with Crippen molar-refractivity contribution >= 4 is 0 Å². The fourth-order valence-corrected chi connectivity index (χ4v) is 4.27. The normalized spacial score (nSPS) is 10.5. The van der Waals surface area contributed by atoms with Gasteiger partial charge in [0.05, 0.1) is 0 Å². The molecule has 0 unspecified atom stereocenters. The van der Waals surface area contributed by atoms with Crippen molar-refractivity contribution in [2.75, 3.05) is 0 Å². The van der Waals surface area contributed by atoms with Gasteiger partial charge in [-0.25, -0.2) is 0 Å². The molecule has 0 spiro atoms. The second-order valence-corrected chi connectivity index (χ2v) is 9.24. The minimum absolute atomic E-state index is 0.460. The maximum Gasteiger partial charge on any atom is 0.121 e. The maximum atomic E-state index is 9.78. The van der Waals surface area contributed by atoms with Gasteiger partial charge in [0.25, 0.3) is 0 Å². The number of unbranched alkanes of at least 4 members (excludes halogenated alkanes) is 9. The van der Waals surface area contributed by atoms with Crippen LogP contribution in [0.5, 0.6) is 5.75 Å². The zero-order valence-electron chi connectivity index (χ0n) is 21.2. The third kappa shape index (κ3) is 10.7. The Kier molecular flexibility index (Phi) is 13.1. The van der Waals surface area contributed by atoms with Gasteiger partial charge in [-0.15, -0.1) is 0 Å². The summed E-state index contributed by atoms with van der Waals surface area (Å²) in [4.78, 5) is 0. The predicted octanol–water partition coefficient (Wildman–Crippen LogP) is 9.83. The highest BCUT2D eigenvalue weighted by molar-refractivity contribution is 5.62. The van der Waals surface area contributed by atoms with Crippen LogP contribution in [0, 0.1) is 13.8 Å². The summed E-state index contributed by atoms with van der Waals surface area (Å²) >= 11 is 0. The van der Waals surface area contributed by atoms with Crippen molar-refractivity contribution in [2.45, 2.75) is 91.4 Å². The van der Waals surface area contributed by atoms with Crippen molar-refractivity contribution < 1.29 is 5.11 Å². The number of phenolic OH excluding ortho intramolecular Hbond substituents is 1. The molecule has 0 fully saturated rings. The van der Waals surface area contributed by atoms with Crippen molar-refractivity contribution in [1.82, 2.24) is 0 Å². The van der Waals surface area contributed by atoms with E-state index in [1.54, 1.807) is 0 Å². The summed E-state index contributed by atoms with van der Waals surface area (Å²) < 4.78 is 0. The summed E-state index contributed by atoms with van der Waals surface area (Å²) in [6.07, 6.45) is 15.0. The Bertz CT molecular complexity index is 822. The lowest BCUT2D eigenvalue weighted by atomic mass is 10.00. The number of aromatic hydroxyl groups is 1. The third-order valence-electron chi connectivity index (χ3n) is 6.25. The first kappa shape index (κ1) is 26.7. The van der Waals surface area contributed by atoms with E-state index in [1.807, 2.05) is 26.0 Å². The van der Waals surface area contributed by atoms with Crippen LogP contribution in [0.3, 0.4) is 0 Å². The van der Waals surface area contributed by atoms with Gasteiger partial charge in [0.1, 0.15) is 5.75 Å². The van der Waals surface area contributed by atoms with Crippen LogP contribution in [0.2, 0.25) is 0 Å². The van der Waals surface area contributed by atoms with Crippen molar-refractivity contribution in [2.24, 2.45) is 0 Å². The molecule has 0 aliphatic carbocycles. The van der Waals surface area contributed by atoms with Gasteiger partial charge in [-0.05, 0) is 54.5 Å². The molecule has 0 amide bonds. The molecule has 0 aliphatic heterocycles. The average Bonchev–Trinajstić information content (AvgIpc) is 2.85. The van der Waals surface area contributed by atoms with Crippen molar-refractivity contribution in [3.63, 3.8) is 0 Å². The zero-order chi connectivity index (χ0) is 23.7. The Labute approximate surface area is 202 Å². The molecule has 1 nitrogen and oxygen atoms in total. The molecule has 1 heteroatoms. The molecule has 3 aromatic carbocycles. The largest absolute Gasteiger partial charge is 0.507 e. The van der Waals surface area contributed by atoms with Gasteiger partial charge in [0.15, 0.2) is 0 Å². The lowest BCUT2D eigenvalue weighted by Crippen LogP contribution is -1.90. The molecule has 0 saturated carbocycles. The summed E-state index contributed by atoms with van der Waals surface area (Å²) in [5.41, 5.74) is 5.95. The molecule has 0 aromatic heterocycles. The summed E-state index contributed by atoms with van der Waals surface area (Å²) in [7, 11) is 0. The van der Waals surface area contributed by atoms with E-state index >= 15 is 0 Å². The van der Waals surface area contributed by atoms with Gasteiger partial charge in [0, 0.05) is 0 Å². The molecule has 33 heavy (non-hydrogen) atoms. The highest BCUT2D eigenvalue weighted by atomic mass is 16.3. The van der Waals surface area contributed by atoms with Gasteiger partial charge in [-0.2, -0.15) is 0 Å². The van der Waals surface area contributed by atoms with Crippen LogP contribution in [0.25, 0.3) is 11.1 Å². The summed E-state index contributed by atoms with van der Waals surface area (Å²) in [6, 6.07) is 25.1. The van der Waals surface area contributed by atoms with Crippen LogP contribution in [0.15, 0.2) is 72.8 Å². The molecule has 178 valence electrons. The predicted molar refractivity (Wildman–Crippen MR) is 145 cm³/mol. The van der Waals surface area contributed by atoms with E-state index < -0.39 is 0 Å². The minimum atomic E-state index is 0.460.